The maximum Gasteiger partial charge on any atom is 0.211 e. The van der Waals surface area contributed by atoms with Crippen LogP contribution in [-0.2, 0) is 11.3 Å². The van der Waals surface area contributed by atoms with Crippen molar-refractivity contribution in [1.29, 1.82) is 0 Å². The number of aryl methyl sites for hydroxylation is 1. The average Bonchev–Trinajstić information content (AvgIpc) is 2.72. The van der Waals surface area contributed by atoms with Crippen molar-refractivity contribution in [3.05, 3.63) is 42.5 Å². The lowest BCUT2D eigenvalue weighted by Gasteiger charge is -2.03. The van der Waals surface area contributed by atoms with Gasteiger partial charge in [-0.2, -0.15) is 0 Å². The molecule has 3 rings (SSSR count). The Hall–Kier alpha value is -2.29. The third-order valence-electron chi connectivity index (χ3n) is 3.31. The molecule has 0 fully saturated rings. The number of para-hydroxylation sites is 1. The fourth-order valence-corrected chi connectivity index (χ4v) is 2.55. The number of hydrogen-bond donors (Lipinski definition) is 1. The van der Waals surface area contributed by atoms with Gasteiger partial charge < -0.3 is 9.88 Å². The molecule has 0 aliphatic rings. The van der Waals surface area contributed by atoms with Gasteiger partial charge in [-0.1, -0.05) is 18.2 Å². The standard InChI is InChI=1S/C15H14N2O/c1-2-17-14-6-4-3-5-12(14)13-9-11(16-10-18)7-8-15(13)17/h3-10H,2H2,1H3,(H,16,18). The van der Waals surface area contributed by atoms with Gasteiger partial charge in [-0.3, -0.25) is 4.79 Å². The highest BCUT2D eigenvalue weighted by atomic mass is 16.1. The zero-order chi connectivity index (χ0) is 12.5. The second kappa shape index (κ2) is 4.18. The molecular weight excluding hydrogens is 224 g/mol. The van der Waals surface area contributed by atoms with Crippen LogP contribution in [0.25, 0.3) is 21.8 Å². The van der Waals surface area contributed by atoms with E-state index in [1.165, 1.54) is 21.8 Å². The van der Waals surface area contributed by atoms with Crippen LogP contribution < -0.4 is 5.32 Å². The average molecular weight is 238 g/mol. The number of nitrogens with zero attached hydrogens (tertiary/aromatic N) is 1. The minimum absolute atomic E-state index is 0.709. The van der Waals surface area contributed by atoms with Crippen molar-refractivity contribution in [1.82, 2.24) is 4.57 Å². The van der Waals surface area contributed by atoms with E-state index in [1.807, 2.05) is 18.2 Å². The smallest absolute Gasteiger partial charge is 0.211 e. The largest absolute Gasteiger partial charge is 0.341 e. The first-order chi connectivity index (χ1) is 8.85. The summed E-state index contributed by atoms with van der Waals surface area (Å²) in [6, 6.07) is 14.4. The molecule has 3 heteroatoms. The van der Waals surface area contributed by atoms with Gasteiger partial charge in [-0.05, 0) is 31.2 Å². The van der Waals surface area contributed by atoms with E-state index in [-0.39, 0.29) is 0 Å². The number of benzene rings is 2. The van der Waals surface area contributed by atoms with E-state index in [2.05, 4.69) is 41.1 Å². The van der Waals surface area contributed by atoms with E-state index >= 15 is 0 Å². The van der Waals surface area contributed by atoms with Gasteiger partial charge in [0.15, 0.2) is 0 Å². The number of fused-ring (bicyclic) bond motifs is 3. The quantitative estimate of drug-likeness (QED) is 0.697. The van der Waals surface area contributed by atoms with Gasteiger partial charge >= 0.3 is 0 Å². The zero-order valence-corrected chi connectivity index (χ0v) is 10.2. The molecule has 3 nitrogen and oxygen atoms in total. The molecule has 3 aromatic rings. The number of rotatable bonds is 3. The van der Waals surface area contributed by atoms with Crippen molar-refractivity contribution >= 4 is 33.9 Å². The van der Waals surface area contributed by atoms with Crippen LogP contribution in [0.3, 0.4) is 0 Å². The minimum atomic E-state index is 0.709. The molecule has 0 radical (unpaired) electrons. The van der Waals surface area contributed by atoms with Gasteiger partial charge in [0.1, 0.15) is 0 Å². The lowest BCUT2D eigenvalue weighted by atomic mass is 10.1. The summed E-state index contributed by atoms with van der Waals surface area (Å²) in [6.45, 7) is 3.08. The maximum atomic E-state index is 10.5. The molecule has 2 aromatic carbocycles. The Morgan fingerprint density at radius 1 is 1.11 bits per heavy atom. The van der Waals surface area contributed by atoms with E-state index < -0.39 is 0 Å². The highest BCUT2D eigenvalue weighted by Crippen LogP contribution is 2.30. The lowest BCUT2D eigenvalue weighted by molar-refractivity contribution is -0.105. The molecule has 0 aliphatic carbocycles. The molecule has 1 N–H and O–H groups in total. The summed E-state index contributed by atoms with van der Waals surface area (Å²) in [5.74, 6) is 0. The molecule has 1 aromatic heterocycles. The topological polar surface area (TPSA) is 34.0 Å². The Morgan fingerprint density at radius 2 is 1.89 bits per heavy atom. The first kappa shape index (κ1) is 10.8. The Morgan fingerprint density at radius 3 is 2.67 bits per heavy atom. The number of aromatic nitrogens is 1. The molecule has 0 spiro atoms. The molecule has 0 bridgehead atoms. The van der Waals surface area contributed by atoms with Crippen LogP contribution in [0, 0.1) is 0 Å². The number of anilines is 1. The Kier molecular flexibility index (Phi) is 2.52. The minimum Gasteiger partial charge on any atom is -0.341 e. The molecule has 0 aliphatic heterocycles. The number of hydrogen-bond acceptors (Lipinski definition) is 1. The van der Waals surface area contributed by atoms with Crippen molar-refractivity contribution < 1.29 is 4.79 Å². The third kappa shape index (κ3) is 1.48. The van der Waals surface area contributed by atoms with Crippen molar-refractivity contribution in [2.24, 2.45) is 0 Å². The van der Waals surface area contributed by atoms with Crippen LogP contribution >= 0.6 is 0 Å². The highest BCUT2D eigenvalue weighted by Gasteiger charge is 2.09. The van der Waals surface area contributed by atoms with Gasteiger partial charge in [0.25, 0.3) is 0 Å². The first-order valence-electron chi connectivity index (χ1n) is 6.06. The molecular formula is C15H14N2O. The van der Waals surface area contributed by atoms with E-state index in [4.69, 9.17) is 0 Å². The van der Waals surface area contributed by atoms with Gasteiger partial charge in [0, 0.05) is 34.0 Å². The molecule has 0 saturated carbocycles. The molecule has 1 heterocycles. The van der Waals surface area contributed by atoms with Gasteiger partial charge in [0.2, 0.25) is 6.41 Å². The number of nitrogens with one attached hydrogen (secondary N) is 1. The van der Waals surface area contributed by atoms with Crippen molar-refractivity contribution in [3.63, 3.8) is 0 Å². The maximum absolute atomic E-state index is 10.5. The molecule has 0 saturated heterocycles. The molecule has 90 valence electrons. The molecule has 0 unspecified atom stereocenters. The summed E-state index contributed by atoms with van der Waals surface area (Å²) in [7, 11) is 0. The second-order valence-corrected chi connectivity index (χ2v) is 4.26. The second-order valence-electron chi connectivity index (χ2n) is 4.26. The zero-order valence-electron chi connectivity index (χ0n) is 10.2. The summed E-state index contributed by atoms with van der Waals surface area (Å²) in [6.07, 6.45) is 0.709. The fourth-order valence-electron chi connectivity index (χ4n) is 2.55. The first-order valence-corrected chi connectivity index (χ1v) is 6.06. The predicted octanol–water partition coefficient (Wildman–Crippen LogP) is 3.38. The van der Waals surface area contributed by atoms with E-state index in [9.17, 15) is 4.79 Å². The normalized spacial score (nSPS) is 10.9. The number of carbonyl (C=O) groups is 1. The van der Waals surface area contributed by atoms with Gasteiger partial charge in [0.05, 0.1) is 0 Å². The fraction of sp³-hybridized carbons (Fsp3) is 0.133. The van der Waals surface area contributed by atoms with Crippen LogP contribution in [-0.4, -0.2) is 11.0 Å². The van der Waals surface area contributed by atoms with Crippen LogP contribution in [0.5, 0.6) is 0 Å². The van der Waals surface area contributed by atoms with Crippen molar-refractivity contribution in [3.8, 4) is 0 Å². The third-order valence-corrected chi connectivity index (χ3v) is 3.31. The number of carbonyl (C=O) groups excluding carboxylic acids is 1. The van der Waals surface area contributed by atoms with E-state index in [0.717, 1.165) is 12.2 Å². The highest BCUT2D eigenvalue weighted by molar-refractivity contribution is 6.09. The van der Waals surface area contributed by atoms with Crippen LogP contribution in [0.2, 0.25) is 0 Å². The van der Waals surface area contributed by atoms with Crippen molar-refractivity contribution in [2.45, 2.75) is 13.5 Å². The summed E-state index contributed by atoms with van der Waals surface area (Å²) in [5, 5.41) is 5.11. The van der Waals surface area contributed by atoms with Gasteiger partial charge in [-0.25, -0.2) is 0 Å². The Labute approximate surface area is 105 Å². The van der Waals surface area contributed by atoms with E-state index in [1.54, 1.807) is 0 Å². The molecule has 0 atom stereocenters. The predicted molar refractivity (Wildman–Crippen MR) is 74.8 cm³/mol. The lowest BCUT2D eigenvalue weighted by Crippen LogP contribution is -1.94. The Balaban J connectivity index is 2.40. The summed E-state index contributed by atoms with van der Waals surface area (Å²) in [4.78, 5) is 10.5. The van der Waals surface area contributed by atoms with Crippen LogP contribution in [0.1, 0.15) is 6.92 Å². The SMILES string of the molecule is CCn1c2ccccc2c2cc(NC=O)ccc21. The summed E-state index contributed by atoms with van der Waals surface area (Å²) in [5.41, 5.74) is 3.27. The molecule has 1 amide bonds. The summed E-state index contributed by atoms with van der Waals surface area (Å²) >= 11 is 0. The van der Waals surface area contributed by atoms with Crippen LogP contribution in [0.4, 0.5) is 5.69 Å². The molecule has 18 heavy (non-hydrogen) atoms. The monoisotopic (exact) mass is 238 g/mol. The van der Waals surface area contributed by atoms with E-state index in [0.29, 0.717) is 6.41 Å². The van der Waals surface area contributed by atoms with Gasteiger partial charge in [-0.15, -0.1) is 0 Å². The number of amides is 1. The van der Waals surface area contributed by atoms with Crippen LogP contribution in [0.15, 0.2) is 42.5 Å². The van der Waals surface area contributed by atoms with Crippen molar-refractivity contribution in [2.75, 3.05) is 5.32 Å². The summed E-state index contributed by atoms with van der Waals surface area (Å²) < 4.78 is 2.29. The Bertz CT molecular complexity index is 728.